The van der Waals surface area contributed by atoms with Gasteiger partial charge in [-0.3, -0.25) is 4.79 Å². The van der Waals surface area contributed by atoms with Crippen LogP contribution >= 0.6 is 15.9 Å². The molecule has 20 heavy (non-hydrogen) atoms. The number of carbonyl (C=O) groups excluding carboxylic acids is 2. The molecule has 1 aliphatic heterocycles. The standard InChI is InChI=1S/C14H14BrNO4/c1-8(14(18)19-2)16-13(17)10-5-9-6-11(15)3-4-12(9)20-7-10/h3-6,8H,7H2,1-2H3,(H,16,17). The third kappa shape index (κ3) is 3.19. The Kier molecular flexibility index (Phi) is 4.44. The van der Waals surface area contributed by atoms with Crippen LogP contribution in [-0.4, -0.2) is 31.6 Å². The van der Waals surface area contributed by atoms with Crippen molar-refractivity contribution in [1.82, 2.24) is 5.32 Å². The van der Waals surface area contributed by atoms with Gasteiger partial charge >= 0.3 is 5.97 Å². The van der Waals surface area contributed by atoms with Crippen LogP contribution in [-0.2, 0) is 14.3 Å². The quantitative estimate of drug-likeness (QED) is 0.854. The molecule has 1 amide bonds. The second kappa shape index (κ2) is 6.09. The molecule has 1 aromatic carbocycles. The number of esters is 1. The van der Waals surface area contributed by atoms with E-state index in [9.17, 15) is 9.59 Å². The molecule has 2 rings (SSSR count). The maximum atomic E-state index is 12.0. The van der Waals surface area contributed by atoms with E-state index < -0.39 is 12.0 Å². The van der Waals surface area contributed by atoms with Crippen LogP contribution in [0.4, 0.5) is 0 Å². The largest absolute Gasteiger partial charge is 0.488 e. The first-order valence-electron chi connectivity index (χ1n) is 6.03. The minimum atomic E-state index is -0.697. The van der Waals surface area contributed by atoms with Gasteiger partial charge < -0.3 is 14.8 Å². The van der Waals surface area contributed by atoms with Gasteiger partial charge in [0, 0.05) is 10.0 Å². The molecule has 0 radical (unpaired) electrons. The zero-order chi connectivity index (χ0) is 14.7. The Morgan fingerprint density at radius 2 is 2.20 bits per heavy atom. The molecule has 0 bridgehead atoms. The Morgan fingerprint density at radius 3 is 2.90 bits per heavy atom. The SMILES string of the molecule is COC(=O)C(C)NC(=O)C1=Cc2cc(Br)ccc2OC1. The summed E-state index contributed by atoms with van der Waals surface area (Å²) in [6.45, 7) is 1.74. The summed E-state index contributed by atoms with van der Waals surface area (Å²) in [5.74, 6) is -0.0990. The van der Waals surface area contributed by atoms with Crippen LogP contribution < -0.4 is 10.1 Å². The molecule has 1 N–H and O–H groups in total. The van der Waals surface area contributed by atoms with Crippen LogP contribution in [0.5, 0.6) is 5.75 Å². The van der Waals surface area contributed by atoms with E-state index in [-0.39, 0.29) is 12.5 Å². The summed E-state index contributed by atoms with van der Waals surface area (Å²) in [7, 11) is 1.28. The molecule has 1 atom stereocenters. The molecule has 0 saturated carbocycles. The van der Waals surface area contributed by atoms with Gasteiger partial charge in [0.2, 0.25) is 0 Å². The van der Waals surface area contributed by atoms with Crippen molar-refractivity contribution >= 4 is 33.9 Å². The predicted octanol–water partition coefficient (Wildman–Crippen LogP) is 1.90. The normalized spacial score (nSPS) is 14.4. The minimum absolute atomic E-state index is 0.175. The monoisotopic (exact) mass is 339 g/mol. The Labute approximate surface area is 125 Å². The molecule has 0 aromatic heterocycles. The molecular formula is C14H14BrNO4. The summed E-state index contributed by atoms with van der Waals surface area (Å²) in [6.07, 6.45) is 1.75. The first-order chi connectivity index (χ1) is 9.51. The van der Waals surface area contributed by atoms with Gasteiger partial charge in [-0.15, -0.1) is 0 Å². The number of amides is 1. The average Bonchev–Trinajstić information content (AvgIpc) is 2.45. The lowest BCUT2D eigenvalue weighted by Gasteiger charge is -2.19. The number of ether oxygens (including phenoxy) is 2. The lowest BCUT2D eigenvalue weighted by Crippen LogP contribution is -2.40. The molecular weight excluding hydrogens is 326 g/mol. The minimum Gasteiger partial charge on any atom is -0.488 e. The van der Waals surface area contributed by atoms with Crippen LogP contribution in [0.1, 0.15) is 12.5 Å². The fraction of sp³-hybridized carbons (Fsp3) is 0.286. The van der Waals surface area contributed by atoms with E-state index in [0.717, 1.165) is 15.8 Å². The van der Waals surface area contributed by atoms with Crippen molar-refractivity contribution in [3.05, 3.63) is 33.8 Å². The lowest BCUT2D eigenvalue weighted by molar-refractivity contribution is -0.144. The van der Waals surface area contributed by atoms with E-state index >= 15 is 0 Å². The summed E-state index contributed by atoms with van der Waals surface area (Å²) < 4.78 is 11.0. The Bertz CT molecular complexity index is 583. The number of carbonyl (C=O) groups is 2. The summed E-state index contributed by atoms with van der Waals surface area (Å²) in [6, 6.07) is 4.88. The van der Waals surface area contributed by atoms with Crippen molar-refractivity contribution in [2.75, 3.05) is 13.7 Å². The Morgan fingerprint density at radius 1 is 1.45 bits per heavy atom. The van der Waals surface area contributed by atoms with E-state index in [4.69, 9.17) is 4.74 Å². The van der Waals surface area contributed by atoms with E-state index in [1.165, 1.54) is 7.11 Å². The van der Waals surface area contributed by atoms with E-state index in [1.54, 1.807) is 13.0 Å². The number of methoxy groups -OCH3 is 1. The summed E-state index contributed by atoms with van der Waals surface area (Å²) in [5, 5.41) is 2.57. The molecule has 0 aliphatic carbocycles. The first kappa shape index (κ1) is 14.6. The van der Waals surface area contributed by atoms with Crippen molar-refractivity contribution in [3.63, 3.8) is 0 Å². The van der Waals surface area contributed by atoms with Crippen LogP contribution in [0.25, 0.3) is 6.08 Å². The van der Waals surface area contributed by atoms with Gasteiger partial charge in [0.1, 0.15) is 18.4 Å². The molecule has 106 valence electrons. The number of halogens is 1. The second-order valence-electron chi connectivity index (χ2n) is 4.36. The lowest BCUT2D eigenvalue weighted by atomic mass is 10.1. The first-order valence-corrected chi connectivity index (χ1v) is 6.82. The highest BCUT2D eigenvalue weighted by atomic mass is 79.9. The smallest absolute Gasteiger partial charge is 0.328 e. The van der Waals surface area contributed by atoms with Crippen molar-refractivity contribution < 1.29 is 19.1 Å². The molecule has 0 saturated heterocycles. The summed E-state index contributed by atoms with van der Waals surface area (Å²) in [4.78, 5) is 23.3. The number of benzene rings is 1. The van der Waals surface area contributed by atoms with Gasteiger partial charge in [-0.05, 0) is 31.2 Å². The number of hydrogen-bond acceptors (Lipinski definition) is 4. The van der Waals surface area contributed by atoms with Gasteiger partial charge in [-0.1, -0.05) is 15.9 Å². The number of fused-ring (bicyclic) bond motifs is 1. The number of rotatable bonds is 3. The van der Waals surface area contributed by atoms with Gasteiger partial charge in [0.05, 0.1) is 12.7 Å². The van der Waals surface area contributed by atoms with E-state index in [1.807, 2.05) is 18.2 Å². The molecule has 5 nitrogen and oxygen atoms in total. The third-order valence-corrected chi connectivity index (χ3v) is 3.37. The predicted molar refractivity (Wildman–Crippen MR) is 77.2 cm³/mol. The van der Waals surface area contributed by atoms with Gasteiger partial charge in [-0.25, -0.2) is 4.79 Å². The zero-order valence-corrected chi connectivity index (χ0v) is 12.7. The van der Waals surface area contributed by atoms with Gasteiger partial charge in [0.25, 0.3) is 5.91 Å². The van der Waals surface area contributed by atoms with E-state index in [0.29, 0.717) is 5.57 Å². The summed E-state index contributed by atoms with van der Waals surface area (Å²) >= 11 is 3.37. The average molecular weight is 340 g/mol. The van der Waals surface area contributed by atoms with Gasteiger partial charge in [-0.2, -0.15) is 0 Å². The third-order valence-electron chi connectivity index (χ3n) is 2.88. The fourth-order valence-corrected chi connectivity index (χ4v) is 2.18. The Hall–Kier alpha value is -1.82. The molecule has 1 unspecified atom stereocenters. The number of hydrogen-bond donors (Lipinski definition) is 1. The molecule has 0 spiro atoms. The fourth-order valence-electron chi connectivity index (χ4n) is 1.80. The van der Waals surface area contributed by atoms with Crippen LogP contribution in [0.15, 0.2) is 28.2 Å². The van der Waals surface area contributed by atoms with Crippen molar-refractivity contribution in [2.24, 2.45) is 0 Å². The van der Waals surface area contributed by atoms with Crippen LogP contribution in [0, 0.1) is 0 Å². The number of nitrogens with one attached hydrogen (secondary N) is 1. The van der Waals surface area contributed by atoms with E-state index in [2.05, 4.69) is 26.0 Å². The molecule has 6 heteroatoms. The van der Waals surface area contributed by atoms with Crippen LogP contribution in [0.2, 0.25) is 0 Å². The maximum Gasteiger partial charge on any atom is 0.328 e. The van der Waals surface area contributed by atoms with Crippen molar-refractivity contribution in [3.8, 4) is 5.75 Å². The van der Waals surface area contributed by atoms with Crippen LogP contribution in [0.3, 0.4) is 0 Å². The molecule has 1 heterocycles. The Balaban J connectivity index is 2.14. The second-order valence-corrected chi connectivity index (χ2v) is 5.27. The highest BCUT2D eigenvalue weighted by Gasteiger charge is 2.21. The molecule has 1 aromatic rings. The molecule has 1 aliphatic rings. The summed E-state index contributed by atoms with van der Waals surface area (Å²) in [5.41, 5.74) is 1.29. The maximum absolute atomic E-state index is 12.0. The molecule has 0 fully saturated rings. The zero-order valence-electron chi connectivity index (χ0n) is 11.1. The van der Waals surface area contributed by atoms with Crippen molar-refractivity contribution in [2.45, 2.75) is 13.0 Å². The highest BCUT2D eigenvalue weighted by Crippen LogP contribution is 2.29. The topological polar surface area (TPSA) is 64.6 Å². The van der Waals surface area contributed by atoms with Crippen molar-refractivity contribution in [1.29, 1.82) is 0 Å². The highest BCUT2D eigenvalue weighted by molar-refractivity contribution is 9.10. The van der Waals surface area contributed by atoms with Gasteiger partial charge in [0.15, 0.2) is 0 Å².